The average Bonchev–Trinajstić information content (AvgIpc) is 3.41. The number of carbonyl (C=O) groups is 1. The third-order valence-corrected chi connectivity index (χ3v) is 5.55. The lowest BCUT2D eigenvalue weighted by Gasteiger charge is -2.11. The zero-order valence-electron chi connectivity index (χ0n) is 19.3. The van der Waals surface area contributed by atoms with E-state index in [1.54, 1.807) is 29.7 Å². The second kappa shape index (κ2) is 8.93. The number of hydrogen-bond acceptors (Lipinski definition) is 8. The van der Waals surface area contributed by atoms with E-state index >= 15 is 0 Å². The average molecular weight is 474 g/mol. The molecule has 0 fully saturated rings. The first-order valence-electron chi connectivity index (χ1n) is 10.8. The molecular weight excluding hydrogens is 452 g/mol. The van der Waals surface area contributed by atoms with E-state index in [1.807, 2.05) is 24.3 Å². The fourth-order valence-corrected chi connectivity index (χ4v) is 4.00. The Morgan fingerprint density at radius 3 is 2.54 bits per heavy atom. The van der Waals surface area contributed by atoms with Crippen LogP contribution in [0.4, 0.5) is 5.69 Å². The zero-order valence-corrected chi connectivity index (χ0v) is 19.3. The molecule has 0 radical (unpaired) electrons. The number of anilines is 1. The van der Waals surface area contributed by atoms with Crippen LogP contribution in [-0.2, 0) is 17.9 Å². The van der Waals surface area contributed by atoms with Crippen molar-refractivity contribution in [3.05, 3.63) is 70.9 Å². The van der Waals surface area contributed by atoms with Crippen LogP contribution in [0.2, 0.25) is 0 Å². The predicted octanol–water partition coefficient (Wildman–Crippen LogP) is 2.75. The molecule has 3 aromatic heterocycles. The maximum absolute atomic E-state index is 13.5. The van der Waals surface area contributed by atoms with Crippen molar-refractivity contribution in [3.63, 3.8) is 0 Å². The van der Waals surface area contributed by atoms with Gasteiger partial charge in [0.1, 0.15) is 35.6 Å². The molecule has 11 heteroatoms. The van der Waals surface area contributed by atoms with Gasteiger partial charge in [-0.15, -0.1) is 0 Å². The molecule has 0 saturated heterocycles. The first-order chi connectivity index (χ1) is 17.0. The summed E-state index contributed by atoms with van der Waals surface area (Å²) in [5.74, 6) is 1.52. The molecule has 0 aliphatic rings. The summed E-state index contributed by atoms with van der Waals surface area (Å²) in [5, 5.41) is 7.39. The molecule has 1 N–H and O–H groups in total. The maximum atomic E-state index is 13.5. The molecule has 1 amide bonds. The SMILES string of the molecule is COc1cc(NC(=O)Cn2c3ccccc3c3ncn(Cc4nc(C)no4)c(=O)c32)cc(OC)c1. The number of para-hydroxylation sites is 1. The van der Waals surface area contributed by atoms with Gasteiger partial charge >= 0.3 is 0 Å². The lowest BCUT2D eigenvalue weighted by atomic mass is 10.2. The molecule has 0 spiro atoms. The van der Waals surface area contributed by atoms with Gasteiger partial charge < -0.3 is 23.9 Å². The molecule has 0 bridgehead atoms. The van der Waals surface area contributed by atoms with Gasteiger partial charge in [0.05, 0.1) is 26.1 Å². The predicted molar refractivity (Wildman–Crippen MR) is 128 cm³/mol. The summed E-state index contributed by atoms with van der Waals surface area (Å²) < 4.78 is 18.8. The monoisotopic (exact) mass is 474 g/mol. The van der Waals surface area contributed by atoms with Crippen LogP contribution in [0.25, 0.3) is 21.9 Å². The molecule has 0 aliphatic carbocycles. The molecule has 35 heavy (non-hydrogen) atoms. The van der Waals surface area contributed by atoms with Crippen molar-refractivity contribution in [1.29, 1.82) is 0 Å². The molecule has 2 aromatic carbocycles. The second-order valence-electron chi connectivity index (χ2n) is 7.86. The molecule has 5 aromatic rings. The van der Waals surface area contributed by atoms with Crippen molar-refractivity contribution in [3.8, 4) is 11.5 Å². The van der Waals surface area contributed by atoms with Gasteiger partial charge in [-0.2, -0.15) is 4.98 Å². The quantitative estimate of drug-likeness (QED) is 0.382. The molecule has 0 atom stereocenters. The Morgan fingerprint density at radius 2 is 1.86 bits per heavy atom. The largest absolute Gasteiger partial charge is 0.497 e. The molecule has 0 unspecified atom stereocenters. The van der Waals surface area contributed by atoms with Gasteiger partial charge in [0.15, 0.2) is 5.82 Å². The minimum Gasteiger partial charge on any atom is -0.497 e. The van der Waals surface area contributed by atoms with Crippen LogP contribution in [0, 0.1) is 6.92 Å². The van der Waals surface area contributed by atoms with Gasteiger partial charge in [0, 0.05) is 29.3 Å². The van der Waals surface area contributed by atoms with Crippen LogP contribution in [0.3, 0.4) is 0 Å². The maximum Gasteiger partial charge on any atom is 0.278 e. The highest BCUT2D eigenvalue weighted by molar-refractivity contribution is 6.06. The van der Waals surface area contributed by atoms with Gasteiger partial charge in [-0.05, 0) is 13.0 Å². The smallest absolute Gasteiger partial charge is 0.278 e. The standard InChI is InChI=1S/C24H22N6O5/c1-14-26-21(35-28-14)12-29-13-25-22-18-6-4-5-7-19(18)30(23(22)24(29)32)11-20(31)27-15-8-16(33-2)10-17(9-15)34-3/h4-10,13H,11-12H2,1-3H3,(H,27,31). The third-order valence-electron chi connectivity index (χ3n) is 5.55. The van der Waals surface area contributed by atoms with Crippen molar-refractivity contribution in [2.75, 3.05) is 19.5 Å². The summed E-state index contributed by atoms with van der Waals surface area (Å²) in [6.45, 7) is 1.66. The summed E-state index contributed by atoms with van der Waals surface area (Å²) in [6, 6.07) is 12.5. The topological polar surface area (TPSA) is 126 Å². The Hall–Kier alpha value is -4.67. The lowest BCUT2D eigenvalue weighted by molar-refractivity contribution is -0.116. The Labute approximate surface area is 198 Å². The lowest BCUT2D eigenvalue weighted by Crippen LogP contribution is -2.25. The molecule has 5 rings (SSSR count). The van der Waals surface area contributed by atoms with E-state index in [4.69, 9.17) is 14.0 Å². The number of amides is 1. The fraction of sp³-hybridized carbons (Fsp3) is 0.208. The Balaban J connectivity index is 1.55. The zero-order chi connectivity index (χ0) is 24.5. The molecule has 178 valence electrons. The van der Waals surface area contributed by atoms with E-state index in [0.717, 1.165) is 10.9 Å². The number of methoxy groups -OCH3 is 2. The third kappa shape index (κ3) is 4.19. The fourth-order valence-electron chi connectivity index (χ4n) is 4.00. The first kappa shape index (κ1) is 22.1. The van der Waals surface area contributed by atoms with Crippen LogP contribution >= 0.6 is 0 Å². The van der Waals surface area contributed by atoms with E-state index in [-0.39, 0.29) is 30.4 Å². The van der Waals surface area contributed by atoms with Crippen LogP contribution in [0.5, 0.6) is 11.5 Å². The number of ether oxygens (including phenoxy) is 2. The van der Waals surface area contributed by atoms with Crippen molar-refractivity contribution >= 4 is 33.5 Å². The van der Waals surface area contributed by atoms with Gasteiger partial charge in [-0.25, -0.2) is 4.98 Å². The highest BCUT2D eigenvalue weighted by Crippen LogP contribution is 2.27. The molecule has 3 heterocycles. The van der Waals surface area contributed by atoms with Crippen molar-refractivity contribution in [2.24, 2.45) is 0 Å². The number of nitrogens with one attached hydrogen (secondary N) is 1. The molecule has 11 nitrogen and oxygen atoms in total. The van der Waals surface area contributed by atoms with Crippen LogP contribution in [-0.4, -0.2) is 44.4 Å². The highest BCUT2D eigenvalue weighted by atomic mass is 16.5. The van der Waals surface area contributed by atoms with Crippen molar-refractivity contribution in [1.82, 2.24) is 24.3 Å². The van der Waals surface area contributed by atoms with Crippen LogP contribution < -0.4 is 20.3 Å². The normalized spacial score (nSPS) is 11.2. The van der Waals surface area contributed by atoms with E-state index < -0.39 is 0 Å². The molecular formula is C24H22N6O5. The summed E-state index contributed by atoms with van der Waals surface area (Å²) in [4.78, 5) is 35.2. The Kier molecular flexibility index (Phi) is 5.65. The number of carbonyl (C=O) groups excluding carboxylic acids is 1. The number of aryl methyl sites for hydroxylation is 1. The van der Waals surface area contributed by atoms with Gasteiger partial charge in [-0.1, -0.05) is 23.4 Å². The van der Waals surface area contributed by atoms with Crippen LogP contribution in [0.1, 0.15) is 11.7 Å². The van der Waals surface area contributed by atoms with Crippen molar-refractivity contribution in [2.45, 2.75) is 20.0 Å². The molecule has 0 aliphatic heterocycles. The van der Waals surface area contributed by atoms with E-state index in [0.29, 0.717) is 34.0 Å². The number of rotatable bonds is 7. The number of benzene rings is 2. The number of nitrogens with zero attached hydrogens (tertiary/aromatic N) is 5. The van der Waals surface area contributed by atoms with Crippen LogP contribution in [0.15, 0.2) is 58.1 Å². The minimum absolute atomic E-state index is 0.0694. The Morgan fingerprint density at radius 1 is 1.11 bits per heavy atom. The first-order valence-corrected chi connectivity index (χ1v) is 10.8. The summed E-state index contributed by atoms with van der Waals surface area (Å²) in [5.41, 5.74) is 1.73. The number of aromatic nitrogens is 5. The number of fused-ring (bicyclic) bond motifs is 3. The molecule has 0 saturated carbocycles. The number of hydrogen-bond donors (Lipinski definition) is 1. The second-order valence-corrected chi connectivity index (χ2v) is 7.86. The van der Waals surface area contributed by atoms with E-state index in [9.17, 15) is 9.59 Å². The van der Waals surface area contributed by atoms with Crippen molar-refractivity contribution < 1.29 is 18.8 Å². The van der Waals surface area contributed by atoms with Gasteiger partial charge in [-0.3, -0.25) is 14.2 Å². The summed E-state index contributed by atoms with van der Waals surface area (Å²) in [7, 11) is 3.07. The van der Waals surface area contributed by atoms with Gasteiger partial charge in [0.25, 0.3) is 5.56 Å². The Bertz CT molecular complexity index is 1590. The highest BCUT2D eigenvalue weighted by Gasteiger charge is 2.19. The summed E-state index contributed by atoms with van der Waals surface area (Å²) in [6.07, 6.45) is 1.45. The van der Waals surface area contributed by atoms with E-state index in [2.05, 4.69) is 20.4 Å². The van der Waals surface area contributed by atoms with E-state index in [1.165, 1.54) is 25.1 Å². The van der Waals surface area contributed by atoms with Gasteiger partial charge in [0.2, 0.25) is 11.8 Å². The minimum atomic E-state index is -0.328. The summed E-state index contributed by atoms with van der Waals surface area (Å²) >= 11 is 0.